The highest BCUT2D eigenvalue weighted by Crippen LogP contribution is 2.06. The van der Waals surface area contributed by atoms with Gasteiger partial charge < -0.3 is 9.35 Å². The topological polar surface area (TPSA) is 57.2 Å². The number of hydrogen-bond donors (Lipinski definition) is 0. The molecular weight excluding hydrogens is 188 g/mol. The molecule has 2 atom stereocenters. The van der Waals surface area contributed by atoms with Crippen molar-refractivity contribution >= 4 is 29.0 Å². The van der Waals surface area contributed by atoms with Gasteiger partial charge in [0.1, 0.15) is 6.29 Å². The minimum atomic E-state index is -2.10. The molecule has 0 aliphatic heterocycles. The van der Waals surface area contributed by atoms with Gasteiger partial charge in [-0.1, -0.05) is 11.1 Å². The molecule has 0 aliphatic carbocycles. The van der Waals surface area contributed by atoms with Crippen LogP contribution >= 0.6 is 11.6 Å². The maximum Gasteiger partial charge on any atom is 0.119 e. The van der Waals surface area contributed by atoms with Crippen LogP contribution in [-0.4, -0.2) is 26.2 Å². The van der Waals surface area contributed by atoms with Crippen LogP contribution < -0.4 is 0 Å². The van der Waals surface area contributed by atoms with E-state index in [9.17, 15) is 13.6 Å². The fraction of sp³-hybridized carbons (Fsp3) is 0.833. The highest BCUT2D eigenvalue weighted by Gasteiger charge is 2.06. The molecule has 0 saturated carbocycles. The zero-order chi connectivity index (χ0) is 8.69. The maximum atomic E-state index is 10.4. The molecule has 0 N–H and O–H groups in total. The second kappa shape index (κ2) is 6.76. The van der Waals surface area contributed by atoms with Gasteiger partial charge in [0.25, 0.3) is 0 Å². The number of carbonyl (C=O) groups is 1. The summed E-state index contributed by atoms with van der Waals surface area (Å²) < 4.78 is 20.7. The van der Waals surface area contributed by atoms with Crippen molar-refractivity contribution in [2.24, 2.45) is 0 Å². The summed E-state index contributed by atoms with van der Waals surface area (Å²) >= 11 is 3.26. The van der Waals surface area contributed by atoms with Gasteiger partial charge in [0.2, 0.25) is 0 Å². The van der Waals surface area contributed by atoms with Crippen molar-refractivity contribution < 1.29 is 13.6 Å². The van der Waals surface area contributed by atoms with E-state index in [1.54, 1.807) is 0 Å². The molecule has 0 heterocycles. The Kier molecular flexibility index (Phi) is 6.80. The predicted molar refractivity (Wildman–Crippen MR) is 43.3 cm³/mol. The van der Waals surface area contributed by atoms with Crippen LogP contribution in [0, 0.1) is 0 Å². The molecule has 0 radical (unpaired) electrons. The molecule has 0 aromatic rings. The first-order valence-electron chi connectivity index (χ1n) is 3.30. The monoisotopic (exact) mass is 197 g/mol. The summed E-state index contributed by atoms with van der Waals surface area (Å²) in [6, 6.07) is 0. The van der Waals surface area contributed by atoms with Crippen molar-refractivity contribution in [3.05, 3.63) is 0 Å². The SMILES string of the molecule is O=CCCCC(CCl)S(=O)[O-]. The number of unbranched alkanes of at least 4 members (excludes halogenated alkanes) is 1. The predicted octanol–water partition coefficient (Wildman–Crippen LogP) is 0.842. The van der Waals surface area contributed by atoms with Crippen molar-refractivity contribution in [3.63, 3.8) is 0 Å². The Bertz CT molecular complexity index is 140. The highest BCUT2D eigenvalue weighted by atomic mass is 35.5. The van der Waals surface area contributed by atoms with E-state index in [4.69, 9.17) is 11.6 Å². The standard InChI is InChI=1S/C6H11ClO3S/c7-5-6(11(9)10)3-1-2-4-8/h4,6H,1-3,5H2,(H,9,10)/p-1. The van der Waals surface area contributed by atoms with Gasteiger partial charge in [0, 0.05) is 17.6 Å². The average Bonchev–Trinajstić information content (AvgIpc) is 1.97. The van der Waals surface area contributed by atoms with E-state index in [0.717, 1.165) is 6.29 Å². The van der Waals surface area contributed by atoms with Crippen LogP contribution in [0.4, 0.5) is 0 Å². The van der Waals surface area contributed by atoms with Gasteiger partial charge in [0.05, 0.1) is 0 Å². The Labute approximate surface area is 73.4 Å². The Morgan fingerprint density at radius 1 is 1.64 bits per heavy atom. The molecule has 0 rings (SSSR count). The van der Waals surface area contributed by atoms with Crippen molar-refractivity contribution in [3.8, 4) is 0 Å². The molecule has 0 amide bonds. The summed E-state index contributed by atoms with van der Waals surface area (Å²) in [5, 5.41) is -0.503. The third-order valence-corrected chi connectivity index (χ3v) is 2.79. The number of alkyl halides is 1. The molecule has 0 bridgehead atoms. The average molecular weight is 198 g/mol. The fourth-order valence-corrected chi connectivity index (χ4v) is 1.58. The van der Waals surface area contributed by atoms with E-state index in [2.05, 4.69) is 0 Å². The summed E-state index contributed by atoms with van der Waals surface area (Å²) in [6.07, 6.45) is 2.25. The molecule has 0 saturated heterocycles. The van der Waals surface area contributed by atoms with E-state index >= 15 is 0 Å². The number of halogens is 1. The van der Waals surface area contributed by atoms with Gasteiger partial charge in [-0.05, 0) is 12.8 Å². The quantitative estimate of drug-likeness (QED) is 0.275. The van der Waals surface area contributed by atoms with Crippen LogP contribution in [0.3, 0.4) is 0 Å². The lowest BCUT2D eigenvalue weighted by molar-refractivity contribution is -0.107. The first-order valence-corrected chi connectivity index (χ1v) is 4.97. The Morgan fingerprint density at radius 2 is 2.27 bits per heavy atom. The fourth-order valence-electron chi connectivity index (χ4n) is 0.654. The Hall–Kier alpha value is 0.0700. The second-order valence-electron chi connectivity index (χ2n) is 2.13. The lowest BCUT2D eigenvalue weighted by Crippen LogP contribution is -2.16. The Morgan fingerprint density at radius 3 is 2.64 bits per heavy atom. The van der Waals surface area contributed by atoms with E-state index in [0.29, 0.717) is 19.3 Å². The third kappa shape index (κ3) is 5.35. The van der Waals surface area contributed by atoms with Crippen LogP contribution in [-0.2, 0) is 15.9 Å². The Balaban J connectivity index is 3.52. The van der Waals surface area contributed by atoms with E-state index in [1.807, 2.05) is 0 Å². The molecule has 0 aliphatic rings. The largest absolute Gasteiger partial charge is 0.772 e. The molecule has 66 valence electrons. The lowest BCUT2D eigenvalue weighted by atomic mass is 10.2. The summed E-state index contributed by atoms with van der Waals surface area (Å²) in [7, 11) is 0. The zero-order valence-electron chi connectivity index (χ0n) is 5.99. The molecule has 5 heteroatoms. The third-order valence-electron chi connectivity index (χ3n) is 1.29. The zero-order valence-corrected chi connectivity index (χ0v) is 7.57. The van der Waals surface area contributed by atoms with Crippen molar-refractivity contribution in [1.82, 2.24) is 0 Å². The van der Waals surface area contributed by atoms with E-state index in [1.165, 1.54) is 0 Å². The first kappa shape index (κ1) is 11.1. The molecular formula is C6H10ClO3S-. The van der Waals surface area contributed by atoms with Crippen LogP contribution in [0.1, 0.15) is 19.3 Å². The first-order chi connectivity index (χ1) is 5.22. The maximum absolute atomic E-state index is 10.4. The number of rotatable bonds is 6. The summed E-state index contributed by atoms with van der Waals surface area (Å²) in [4.78, 5) is 9.86. The van der Waals surface area contributed by atoms with Crippen LogP contribution in [0.15, 0.2) is 0 Å². The van der Waals surface area contributed by atoms with Crippen LogP contribution in [0.25, 0.3) is 0 Å². The molecule has 11 heavy (non-hydrogen) atoms. The lowest BCUT2D eigenvalue weighted by Gasteiger charge is -2.15. The van der Waals surface area contributed by atoms with E-state index in [-0.39, 0.29) is 5.88 Å². The summed E-state index contributed by atoms with van der Waals surface area (Å²) in [5.41, 5.74) is 0. The van der Waals surface area contributed by atoms with Crippen molar-refractivity contribution in [2.45, 2.75) is 24.5 Å². The smallest absolute Gasteiger partial charge is 0.119 e. The number of aldehydes is 1. The van der Waals surface area contributed by atoms with Crippen LogP contribution in [0.5, 0.6) is 0 Å². The summed E-state index contributed by atoms with van der Waals surface area (Å²) in [6.45, 7) is 0. The van der Waals surface area contributed by atoms with Crippen molar-refractivity contribution in [1.29, 1.82) is 0 Å². The van der Waals surface area contributed by atoms with Crippen LogP contribution in [0.2, 0.25) is 0 Å². The number of hydrogen-bond acceptors (Lipinski definition) is 3. The molecule has 3 nitrogen and oxygen atoms in total. The molecule has 2 unspecified atom stereocenters. The molecule has 0 fully saturated rings. The number of carbonyl (C=O) groups excluding carboxylic acids is 1. The minimum Gasteiger partial charge on any atom is -0.772 e. The summed E-state index contributed by atoms with van der Waals surface area (Å²) in [5.74, 6) is 0.106. The van der Waals surface area contributed by atoms with Gasteiger partial charge in [-0.15, -0.1) is 11.6 Å². The highest BCUT2D eigenvalue weighted by molar-refractivity contribution is 7.79. The van der Waals surface area contributed by atoms with E-state index < -0.39 is 16.3 Å². The van der Waals surface area contributed by atoms with Gasteiger partial charge in [-0.2, -0.15) is 0 Å². The normalized spacial score (nSPS) is 15.8. The van der Waals surface area contributed by atoms with Gasteiger partial charge in [-0.25, -0.2) is 0 Å². The molecule has 0 aromatic heterocycles. The minimum absolute atomic E-state index is 0.106. The van der Waals surface area contributed by atoms with Gasteiger partial charge >= 0.3 is 0 Å². The molecule has 0 spiro atoms. The molecule has 0 aromatic carbocycles. The second-order valence-corrected chi connectivity index (χ2v) is 3.63. The van der Waals surface area contributed by atoms with Gasteiger partial charge in [0.15, 0.2) is 0 Å². The van der Waals surface area contributed by atoms with Gasteiger partial charge in [-0.3, -0.25) is 4.21 Å². The van der Waals surface area contributed by atoms with Crippen molar-refractivity contribution in [2.75, 3.05) is 5.88 Å².